The Hall–Kier alpha value is 1.51. The second-order valence-electron chi connectivity index (χ2n) is 1.19. The van der Waals surface area contributed by atoms with E-state index in [-0.39, 0.29) is 0 Å². The van der Waals surface area contributed by atoms with Gasteiger partial charge in [0.2, 0.25) is 0 Å². The Bertz CT molecular complexity index is 66.2. The van der Waals surface area contributed by atoms with Crippen molar-refractivity contribution < 1.29 is 0 Å². The molecule has 0 aliphatic carbocycles. The third kappa shape index (κ3) is 7.51. The molecule has 0 aromatic heterocycles. The Balaban J connectivity index is 3.39. The van der Waals surface area contributed by atoms with Gasteiger partial charge in [-0.3, -0.25) is 0 Å². The van der Waals surface area contributed by atoms with E-state index in [2.05, 4.69) is 0 Å². The molecule has 0 fully saturated rings. The van der Waals surface area contributed by atoms with Crippen LogP contribution in [0.3, 0.4) is 0 Å². The zero-order chi connectivity index (χ0) is 6.78. The molecule has 0 aliphatic rings. The maximum absolute atomic E-state index is 5.49. The van der Waals surface area contributed by atoms with E-state index >= 15 is 0 Å². The van der Waals surface area contributed by atoms with Crippen molar-refractivity contribution in [2.75, 3.05) is 0 Å². The van der Waals surface area contributed by atoms with Crippen molar-refractivity contribution in [3.63, 3.8) is 0 Å². The maximum Gasteiger partial charge on any atom is 0.163 e. The number of alkyl halides is 4. The van der Waals surface area contributed by atoms with Crippen LogP contribution in [0.4, 0.5) is 0 Å². The summed E-state index contributed by atoms with van der Waals surface area (Å²) in [5, 5.41) is 0. The molecular formula is C3H4Cl4S. The van der Waals surface area contributed by atoms with Crippen LogP contribution in [-0.2, 0) is 0 Å². The summed E-state index contributed by atoms with van der Waals surface area (Å²) in [6, 6.07) is 0. The molecule has 0 heterocycles. The summed E-state index contributed by atoms with van der Waals surface area (Å²) in [6.45, 7) is 1.61. The molecule has 0 rings (SSSR count). The number of hydrogen-bond acceptors (Lipinski definition) is 1. The van der Waals surface area contributed by atoms with Gasteiger partial charge in [-0.1, -0.05) is 58.2 Å². The van der Waals surface area contributed by atoms with Gasteiger partial charge >= 0.3 is 0 Å². The van der Waals surface area contributed by atoms with Crippen LogP contribution in [0.2, 0.25) is 0 Å². The third-order valence-electron chi connectivity index (χ3n) is 0.296. The molecule has 0 aromatic carbocycles. The second-order valence-corrected chi connectivity index (χ2v) is 6.48. The first-order valence-electron chi connectivity index (χ1n) is 1.75. The van der Waals surface area contributed by atoms with E-state index in [1.165, 1.54) is 0 Å². The van der Waals surface area contributed by atoms with E-state index in [1.807, 2.05) is 0 Å². The molecule has 5 heteroatoms. The van der Waals surface area contributed by atoms with E-state index in [0.29, 0.717) is 0 Å². The smallest absolute Gasteiger partial charge is 0.0931 e. The number of rotatable bonds is 2. The average molecular weight is 214 g/mol. The first kappa shape index (κ1) is 9.51. The SMILES string of the molecule is CC(Cl)(Cl)SC(Cl)Cl. The van der Waals surface area contributed by atoms with Crippen molar-refractivity contribution in [3.8, 4) is 0 Å². The van der Waals surface area contributed by atoms with Crippen molar-refractivity contribution in [3.05, 3.63) is 0 Å². The number of thioether (sulfide) groups is 1. The van der Waals surface area contributed by atoms with Gasteiger partial charge in [0.1, 0.15) is 0 Å². The Morgan fingerprint density at radius 3 is 1.75 bits per heavy atom. The van der Waals surface area contributed by atoms with Gasteiger partial charge < -0.3 is 0 Å². The van der Waals surface area contributed by atoms with E-state index in [1.54, 1.807) is 6.92 Å². The molecule has 0 bridgehead atoms. The molecule has 0 amide bonds. The third-order valence-corrected chi connectivity index (χ3v) is 1.96. The van der Waals surface area contributed by atoms with Gasteiger partial charge in [0.15, 0.2) is 7.83 Å². The average Bonchev–Trinajstić information content (AvgIpc) is 1.21. The summed E-state index contributed by atoms with van der Waals surface area (Å²) in [5.41, 5.74) is 0. The topological polar surface area (TPSA) is 0 Å². The molecule has 50 valence electrons. The summed E-state index contributed by atoms with van der Waals surface area (Å²) < 4.78 is -1.44. The normalized spacial score (nSPS) is 12.8. The lowest BCUT2D eigenvalue weighted by molar-refractivity contribution is 1.29. The van der Waals surface area contributed by atoms with E-state index in [9.17, 15) is 0 Å². The summed E-state index contributed by atoms with van der Waals surface area (Å²) in [7, 11) is 0. The maximum atomic E-state index is 5.49. The summed E-state index contributed by atoms with van der Waals surface area (Å²) >= 11 is 22.7. The van der Waals surface area contributed by atoms with Gasteiger partial charge in [0.25, 0.3) is 0 Å². The van der Waals surface area contributed by atoms with E-state index in [0.717, 1.165) is 11.8 Å². The first-order chi connectivity index (χ1) is 3.42. The van der Waals surface area contributed by atoms with Gasteiger partial charge in [-0.05, 0) is 6.92 Å². The Morgan fingerprint density at radius 1 is 1.38 bits per heavy atom. The zero-order valence-electron chi connectivity index (χ0n) is 4.00. The van der Waals surface area contributed by atoms with Crippen LogP contribution in [-0.4, -0.2) is 7.83 Å². The predicted octanol–water partition coefficient (Wildman–Crippen LogP) is 3.63. The largest absolute Gasteiger partial charge is 0.163 e. The predicted molar refractivity (Wildman–Crippen MR) is 43.2 cm³/mol. The van der Waals surface area contributed by atoms with Crippen molar-refractivity contribution in [2.45, 2.75) is 14.8 Å². The monoisotopic (exact) mass is 212 g/mol. The number of hydrogen-bond donors (Lipinski definition) is 0. The highest BCUT2D eigenvalue weighted by atomic mass is 35.5. The van der Waals surface area contributed by atoms with Crippen molar-refractivity contribution in [2.24, 2.45) is 0 Å². The molecule has 0 atom stereocenters. The lowest BCUT2D eigenvalue weighted by Crippen LogP contribution is -2.00. The highest BCUT2D eigenvalue weighted by Crippen LogP contribution is 2.39. The molecule has 0 nitrogen and oxygen atoms in total. The Labute approximate surface area is 72.8 Å². The summed E-state index contributed by atoms with van der Waals surface area (Å²) in [4.78, 5) is 0. The van der Waals surface area contributed by atoms with Crippen molar-refractivity contribution >= 4 is 58.2 Å². The first-order valence-corrected chi connectivity index (χ1v) is 4.26. The fourth-order valence-electron chi connectivity index (χ4n) is 0.156. The molecule has 0 radical (unpaired) electrons. The molecule has 8 heavy (non-hydrogen) atoms. The fraction of sp³-hybridized carbons (Fsp3) is 1.00. The molecule has 0 aliphatic heterocycles. The van der Waals surface area contributed by atoms with E-state index in [4.69, 9.17) is 46.4 Å². The minimum atomic E-state index is -0.881. The van der Waals surface area contributed by atoms with Crippen LogP contribution in [0.25, 0.3) is 0 Å². The standard InChI is InChI=1S/C3H4Cl4S/c1-3(6,7)8-2(4)5/h2H,1H3. The molecule has 0 unspecified atom stereocenters. The fourth-order valence-corrected chi connectivity index (χ4v) is 2.62. The van der Waals surface area contributed by atoms with Gasteiger partial charge in [0.05, 0.1) is 0 Å². The number of halogens is 4. The zero-order valence-corrected chi connectivity index (χ0v) is 7.84. The molecular weight excluding hydrogens is 210 g/mol. The van der Waals surface area contributed by atoms with E-state index < -0.39 is 7.83 Å². The van der Waals surface area contributed by atoms with Gasteiger partial charge in [-0.15, -0.1) is 0 Å². The van der Waals surface area contributed by atoms with Crippen LogP contribution in [0.1, 0.15) is 6.92 Å². The van der Waals surface area contributed by atoms with Crippen molar-refractivity contribution in [1.82, 2.24) is 0 Å². The van der Waals surface area contributed by atoms with Crippen LogP contribution in [0.15, 0.2) is 0 Å². The lowest BCUT2D eigenvalue weighted by atomic mass is 10.9. The van der Waals surface area contributed by atoms with Gasteiger partial charge in [-0.25, -0.2) is 0 Å². The van der Waals surface area contributed by atoms with Crippen LogP contribution in [0, 0.1) is 0 Å². The highest BCUT2D eigenvalue weighted by molar-refractivity contribution is 8.05. The Kier molecular flexibility index (Phi) is 4.31. The molecule has 0 N–H and O–H groups in total. The van der Waals surface area contributed by atoms with Crippen LogP contribution >= 0.6 is 58.2 Å². The highest BCUT2D eigenvalue weighted by Gasteiger charge is 2.20. The molecule has 0 saturated heterocycles. The summed E-state index contributed by atoms with van der Waals surface area (Å²) in [6.07, 6.45) is 0. The van der Waals surface area contributed by atoms with Crippen molar-refractivity contribution in [1.29, 1.82) is 0 Å². The van der Waals surface area contributed by atoms with Crippen LogP contribution in [0.5, 0.6) is 0 Å². The van der Waals surface area contributed by atoms with Crippen LogP contribution < -0.4 is 0 Å². The molecule has 0 spiro atoms. The Morgan fingerprint density at radius 2 is 1.75 bits per heavy atom. The van der Waals surface area contributed by atoms with Gasteiger partial charge in [-0.2, -0.15) is 0 Å². The van der Waals surface area contributed by atoms with Gasteiger partial charge in [0, 0.05) is 0 Å². The minimum Gasteiger partial charge on any atom is -0.0931 e. The summed E-state index contributed by atoms with van der Waals surface area (Å²) in [5.74, 6) is 0. The molecule has 0 saturated carbocycles. The quantitative estimate of drug-likeness (QED) is 0.632. The second kappa shape index (κ2) is 3.62. The molecule has 0 aromatic rings. The lowest BCUT2D eigenvalue weighted by Gasteiger charge is -2.11. The minimum absolute atomic E-state index is 0.560.